The molecule has 114 valence electrons. The molecule has 1 aliphatic heterocycles. The van der Waals surface area contributed by atoms with Crippen molar-refractivity contribution < 1.29 is 9.59 Å². The minimum Gasteiger partial charge on any atom is -0.315 e. The fourth-order valence-corrected chi connectivity index (χ4v) is 2.70. The average molecular weight is 309 g/mol. The summed E-state index contributed by atoms with van der Waals surface area (Å²) in [5.41, 5.74) is 1.11. The molecule has 0 spiro atoms. The Hall–Kier alpha value is -1.39. The Bertz CT molecular complexity index is 513. The number of amides is 1. The smallest absolute Gasteiger partial charge is 0.252 e. The Kier molecular flexibility index (Phi) is 5.76. The third-order valence-corrected chi connectivity index (χ3v) is 4.14. The highest BCUT2D eigenvalue weighted by Gasteiger charge is 2.15. The zero-order valence-electron chi connectivity index (χ0n) is 12.3. The molecule has 0 unspecified atom stereocenters. The van der Waals surface area contributed by atoms with Crippen molar-refractivity contribution in [2.45, 2.75) is 25.7 Å². The Morgan fingerprint density at radius 3 is 2.62 bits per heavy atom. The highest BCUT2D eigenvalue weighted by Crippen LogP contribution is 2.17. The van der Waals surface area contributed by atoms with Crippen molar-refractivity contribution in [2.24, 2.45) is 0 Å². The lowest BCUT2D eigenvalue weighted by molar-refractivity contribution is -0.118. The molecular weight excluding hydrogens is 288 g/mol. The normalized spacial score (nSPS) is 15.7. The maximum Gasteiger partial charge on any atom is 0.252 e. The first kappa shape index (κ1) is 16.0. The molecule has 21 heavy (non-hydrogen) atoms. The number of anilines is 1. The van der Waals surface area contributed by atoms with Gasteiger partial charge in [-0.15, -0.1) is 0 Å². The molecule has 1 aliphatic rings. The molecule has 0 bridgehead atoms. The number of carbonyl (C=O) groups excluding carboxylic acids is 2. The largest absolute Gasteiger partial charge is 0.315 e. The van der Waals surface area contributed by atoms with Crippen molar-refractivity contribution in [3.05, 3.63) is 29.8 Å². The maximum atomic E-state index is 12.2. The molecule has 1 aromatic carbocycles. The lowest BCUT2D eigenvalue weighted by Gasteiger charge is -2.27. The number of likely N-dealkylation sites (tertiary alicyclic amines) is 1. The molecule has 0 aliphatic carbocycles. The Morgan fingerprint density at radius 2 is 1.95 bits per heavy atom. The summed E-state index contributed by atoms with van der Waals surface area (Å²) in [4.78, 5) is 27.4. The number of hydrogen-bond donors (Lipinski definition) is 0. The van der Waals surface area contributed by atoms with Crippen molar-refractivity contribution >= 4 is 28.4 Å². The van der Waals surface area contributed by atoms with Crippen molar-refractivity contribution in [1.29, 1.82) is 0 Å². The van der Waals surface area contributed by atoms with Crippen molar-refractivity contribution in [3.8, 4) is 0 Å². The van der Waals surface area contributed by atoms with Crippen LogP contribution in [0.3, 0.4) is 0 Å². The summed E-state index contributed by atoms with van der Waals surface area (Å²) in [6.45, 7) is 2.98. The minimum absolute atomic E-state index is 0.0553. The number of hydrogen-bond acceptors (Lipinski definition) is 3. The summed E-state index contributed by atoms with van der Waals surface area (Å²) in [6.07, 6.45) is 4.24. The van der Waals surface area contributed by atoms with Gasteiger partial charge in [-0.2, -0.15) is 0 Å². The quantitative estimate of drug-likeness (QED) is 0.785. The number of benzene rings is 1. The van der Waals surface area contributed by atoms with E-state index in [2.05, 4.69) is 4.90 Å². The SMILES string of the molecule is CN(C(=O)CCN1CCCCC1)c1cccc(C(=O)Cl)c1. The summed E-state index contributed by atoms with van der Waals surface area (Å²) in [5.74, 6) is 0.0553. The van der Waals surface area contributed by atoms with Gasteiger partial charge < -0.3 is 9.80 Å². The number of carbonyl (C=O) groups is 2. The molecule has 2 rings (SSSR count). The molecule has 0 saturated carbocycles. The van der Waals surface area contributed by atoms with Gasteiger partial charge in [-0.05, 0) is 55.7 Å². The fourth-order valence-electron chi connectivity index (χ4n) is 2.59. The van der Waals surface area contributed by atoms with E-state index in [1.165, 1.54) is 19.3 Å². The van der Waals surface area contributed by atoms with Crippen LogP contribution in [0.1, 0.15) is 36.0 Å². The highest BCUT2D eigenvalue weighted by atomic mass is 35.5. The van der Waals surface area contributed by atoms with E-state index in [-0.39, 0.29) is 5.91 Å². The van der Waals surface area contributed by atoms with Crippen LogP contribution in [-0.2, 0) is 4.79 Å². The van der Waals surface area contributed by atoms with Crippen LogP contribution in [0.4, 0.5) is 5.69 Å². The van der Waals surface area contributed by atoms with E-state index in [0.29, 0.717) is 17.7 Å². The van der Waals surface area contributed by atoms with Gasteiger partial charge in [0.1, 0.15) is 0 Å². The van der Waals surface area contributed by atoms with Gasteiger partial charge in [0, 0.05) is 31.3 Å². The zero-order chi connectivity index (χ0) is 15.2. The van der Waals surface area contributed by atoms with Crippen LogP contribution >= 0.6 is 11.6 Å². The molecular formula is C16H21ClN2O2. The molecule has 1 fully saturated rings. The van der Waals surface area contributed by atoms with Gasteiger partial charge in [0.05, 0.1) is 0 Å². The molecule has 4 nitrogen and oxygen atoms in total. The van der Waals surface area contributed by atoms with E-state index in [4.69, 9.17) is 11.6 Å². The summed E-state index contributed by atoms with van der Waals surface area (Å²) in [5, 5.41) is -0.508. The number of nitrogens with zero attached hydrogens (tertiary/aromatic N) is 2. The van der Waals surface area contributed by atoms with Crippen LogP contribution in [-0.4, -0.2) is 42.7 Å². The molecule has 0 atom stereocenters. The van der Waals surface area contributed by atoms with E-state index >= 15 is 0 Å². The molecule has 0 aromatic heterocycles. The third-order valence-electron chi connectivity index (χ3n) is 3.93. The summed E-state index contributed by atoms with van der Waals surface area (Å²) < 4.78 is 0. The van der Waals surface area contributed by atoms with Crippen LogP contribution in [0, 0.1) is 0 Å². The average Bonchev–Trinajstić information content (AvgIpc) is 2.53. The van der Waals surface area contributed by atoms with Crippen LogP contribution in [0.2, 0.25) is 0 Å². The van der Waals surface area contributed by atoms with Gasteiger partial charge in [-0.1, -0.05) is 12.5 Å². The molecule has 1 amide bonds. The van der Waals surface area contributed by atoms with Crippen LogP contribution in [0.25, 0.3) is 0 Å². The molecule has 0 N–H and O–H groups in total. The van der Waals surface area contributed by atoms with E-state index in [1.807, 2.05) is 6.07 Å². The minimum atomic E-state index is -0.508. The monoisotopic (exact) mass is 308 g/mol. The second-order valence-corrected chi connectivity index (χ2v) is 5.77. The van der Waals surface area contributed by atoms with Crippen LogP contribution in [0.5, 0.6) is 0 Å². The molecule has 1 heterocycles. The van der Waals surface area contributed by atoms with Crippen molar-refractivity contribution in [3.63, 3.8) is 0 Å². The van der Waals surface area contributed by atoms with Crippen LogP contribution in [0.15, 0.2) is 24.3 Å². The maximum absolute atomic E-state index is 12.2. The Labute approximate surface area is 130 Å². The van der Waals surface area contributed by atoms with Gasteiger partial charge in [0.2, 0.25) is 5.91 Å². The van der Waals surface area contributed by atoms with Crippen molar-refractivity contribution in [2.75, 3.05) is 31.6 Å². The predicted molar refractivity (Wildman–Crippen MR) is 84.9 cm³/mol. The standard InChI is InChI=1S/C16H21ClN2O2/c1-18(14-7-5-6-13(12-14)16(17)21)15(20)8-11-19-9-3-2-4-10-19/h5-7,12H,2-4,8-11H2,1H3. The van der Waals surface area contributed by atoms with Gasteiger partial charge >= 0.3 is 0 Å². The topological polar surface area (TPSA) is 40.6 Å². The summed E-state index contributed by atoms with van der Waals surface area (Å²) in [6, 6.07) is 6.83. The van der Waals surface area contributed by atoms with E-state index in [9.17, 15) is 9.59 Å². The van der Waals surface area contributed by atoms with E-state index < -0.39 is 5.24 Å². The fraction of sp³-hybridized carbons (Fsp3) is 0.500. The first-order valence-electron chi connectivity index (χ1n) is 7.37. The van der Waals surface area contributed by atoms with Crippen LogP contribution < -0.4 is 4.90 Å². The summed E-state index contributed by atoms with van der Waals surface area (Å²) in [7, 11) is 1.73. The highest BCUT2D eigenvalue weighted by molar-refractivity contribution is 6.67. The molecule has 0 radical (unpaired) electrons. The second-order valence-electron chi connectivity index (χ2n) is 5.43. The number of piperidine rings is 1. The van der Waals surface area contributed by atoms with Crippen molar-refractivity contribution in [1.82, 2.24) is 4.90 Å². The third kappa shape index (κ3) is 4.55. The molecule has 1 aromatic rings. The van der Waals surface area contributed by atoms with Gasteiger partial charge in [-0.3, -0.25) is 9.59 Å². The molecule has 5 heteroatoms. The first-order chi connectivity index (χ1) is 10.1. The van der Waals surface area contributed by atoms with E-state index in [1.54, 1.807) is 30.1 Å². The van der Waals surface area contributed by atoms with E-state index in [0.717, 1.165) is 19.6 Å². The first-order valence-corrected chi connectivity index (χ1v) is 7.74. The van der Waals surface area contributed by atoms with Gasteiger partial charge in [0.15, 0.2) is 0 Å². The number of rotatable bonds is 5. The second kappa shape index (κ2) is 7.57. The number of halogens is 1. The molecule has 1 saturated heterocycles. The predicted octanol–water partition coefficient (Wildman–Crippen LogP) is 2.90. The lowest BCUT2D eigenvalue weighted by atomic mass is 10.1. The summed E-state index contributed by atoms with van der Waals surface area (Å²) >= 11 is 5.47. The zero-order valence-corrected chi connectivity index (χ0v) is 13.1. The lowest BCUT2D eigenvalue weighted by Crippen LogP contribution is -2.35. The Balaban J connectivity index is 1.92. The van der Waals surface area contributed by atoms with Gasteiger partial charge in [0.25, 0.3) is 5.24 Å². The van der Waals surface area contributed by atoms with Gasteiger partial charge in [-0.25, -0.2) is 0 Å². The Morgan fingerprint density at radius 1 is 1.24 bits per heavy atom.